The van der Waals surface area contributed by atoms with Crippen molar-refractivity contribution in [2.45, 2.75) is 13.0 Å². The van der Waals surface area contributed by atoms with E-state index < -0.39 is 11.9 Å². The van der Waals surface area contributed by atoms with Gasteiger partial charge in [0.2, 0.25) is 0 Å². The van der Waals surface area contributed by atoms with Crippen molar-refractivity contribution in [3.05, 3.63) is 69.2 Å². The van der Waals surface area contributed by atoms with E-state index in [1.54, 1.807) is 25.1 Å². The van der Waals surface area contributed by atoms with Crippen molar-refractivity contribution >= 4 is 15.9 Å². The summed E-state index contributed by atoms with van der Waals surface area (Å²) in [6.45, 7) is 1.78. The van der Waals surface area contributed by atoms with Crippen LogP contribution in [0.2, 0.25) is 0 Å². The first-order valence-electron chi connectivity index (χ1n) is 5.69. The molecule has 19 heavy (non-hydrogen) atoms. The maximum atomic E-state index is 13.9. The molecule has 100 valence electrons. The van der Waals surface area contributed by atoms with Crippen molar-refractivity contribution in [2.24, 2.45) is 5.84 Å². The summed E-state index contributed by atoms with van der Waals surface area (Å²) in [4.78, 5) is 0. The van der Waals surface area contributed by atoms with Gasteiger partial charge in [-0.1, -0.05) is 22.0 Å². The van der Waals surface area contributed by atoms with E-state index >= 15 is 0 Å². The molecule has 0 saturated heterocycles. The third-order valence-corrected chi connectivity index (χ3v) is 3.33. The lowest BCUT2D eigenvalue weighted by Gasteiger charge is -2.18. The predicted octanol–water partition coefficient (Wildman–Crippen LogP) is 3.59. The van der Waals surface area contributed by atoms with Gasteiger partial charge in [-0.05, 0) is 48.4 Å². The number of halogens is 3. The van der Waals surface area contributed by atoms with Gasteiger partial charge in [0.15, 0.2) is 0 Å². The fraction of sp³-hybridized carbons (Fsp3) is 0.143. The van der Waals surface area contributed by atoms with Crippen molar-refractivity contribution < 1.29 is 8.78 Å². The largest absolute Gasteiger partial charge is 0.271 e. The fourth-order valence-corrected chi connectivity index (χ4v) is 2.41. The van der Waals surface area contributed by atoms with Gasteiger partial charge in [-0.3, -0.25) is 5.84 Å². The topological polar surface area (TPSA) is 38.0 Å². The van der Waals surface area contributed by atoms with Gasteiger partial charge in [0.05, 0.1) is 6.04 Å². The second-order valence-corrected chi connectivity index (χ2v) is 5.24. The van der Waals surface area contributed by atoms with Crippen LogP contribution in [0, 0.1) is 18.6 Å². The Morgan fingerprint density at radius 3 is 2.53 bits per heavy atom. The Kier molecular flexibility index (Phi) is 4.29. The standard InChI is InChI=1S/C14H13BrF2N2/c1-8-4-9(6-11(16)5-8)14(19-18)12-7-10(15)2-3-13(12)17/h2-7,14,19H,18H2,1H3. The second-order valence-electron chi connectivity index (χ2n) is 4.33. The van der Waals surface area contributed by atoms with Gasteiger partial charge in [-0.2, -0.15) is 0 Å². The highest BCUT2D eigenvalue weighted by Gasteiger charge is 2.18. The van der Waals surface area contributed by atoms with Crippen LogP contribution in [-0.4, -0.2) is 0 Å². The Bertz CT molecular complexity index is 582. The average Bonchev–Trinajstić information content (AvgIpc) is 2.33. The summed E-state index contributed by atoms with van der Waals surface area (Å²) < 4.78 is 28.1. The van der Waals surface area contributed by atoms with Crippen molar-refractivity contribution in [1.82, 2.24) is 5.43 Å². The van der Waals surface area contributed by atoms with Crippen molar-refractivity contribution in [3.63, 3.8) is 0 Å². The Hall–Kier alpha value is -1.30. The van der Waals surface area contributed by atoms with E-state index in [4.69, 9.17) is 5.84 Å². The minimum atomic E-state index is -0.605. The number of hydrazine groups is 1. The molecule has 0 aliphatic rings. The summed E-state index contributed by atoms with van der Waals surface area (Å²) >= 11 is 3.29. The van der Waals surface area contributed by atoms with Crippen LogP contribution in [-0.2, 0) is 0 Å². The number of hydrogen-bond acceptors (Lipinski definition) is 2. The lowest BCUT2D eigenvalue weighted by molar-refractivity contribution is 0.555. The molecule has 0 heterocycles. The number of benzene rings is 2. The molecule has 0 spiro atoms. The molecular weight excluding hydrogens is 314 g/mol. The maximum absolute atomic E-state index is 13.9. The van der Waals surface area contributed by atoms with Crippen LogP contribution in [0.1, 0.15) is 22.7 Å². The van der Waals surface area contributed by atoms with E-state index in [2.05, 4.69) is 21.4 Å². The van der Waals surface area contributed by atoms with Crippen LogP contribution in [0.4, 0.5) is 8.78 Å². The summed E-state index contributed by atoms with van der Waals surface area (Å²) in [6.07, 6.45) is 0. The normalized spacial score (nSPS) is 12.5. The number of aryl methyl sites for hydroxylation is 1. The quantitative estimate of drug-likeness (QED) is 0.668. The Morgan fingerprint density at radius 2 is 1.89 bits per heavy atom. The highest BCUT2D eigenvalue weighted by molar-refractivity contribution is 9.10. The molecule has 2 rings (SSSR count). The molecular formula is C14H13BrF2N2. The lowest BCUT2D eigenvalue weighted by Crippen LogP contribution is -2.29. The molecule has 5 heteroatoms. The third kappa shape index (κ3) is 3.18. The van der Waals surface area contributed by atoms with Gasteiger partial charge >= 0.3 is 0 Å². The van der Waals surface area contributed by atoms with Crippen molar-refractivity contribution in [3.8, 4) is 0 Å². The maximum Gasteiger partial charge on any atom is 0.128 e. The van der Waals surface area contributed by atoms with Crippen LogP contribution in [0.5, 0.6) is 0 Å². The molecule has 2 nitrogen and oxygen atoms in total. The molecule has 0 aromatic heterocycles. The predicted molar refractivity (Wildman–Crippen MR) is 74.4 cm³/mol. The molecule has 2 aromatic carbocycles. The summed E-state index contributed by atoms with van der Waals surface area (Å²) in [6, 6.07) is 8.49. The first-order valence-corrected chi connectivity index (χ1v) is 6.48. The fourth-order valence-electron chi connectivity index (χ4n) is 2.03. The van der Waals surface area contributed by atoms with Crippen molar-refractivity contribution in [1.29, 1.82) is 0 Å². The first-order chi connectivity index (χ1) is 9.01. The molecule has 0 fully saturated rings. The van der Waals surface area contributed by atoms with Gasteiger partial charge in [0.1, 0.15) is 11.6 Å². The molecule has 0 saturated carbocycles. The Balaban J connectivity index is 2.52. The van der Waals surface area contributed by atoms with Crippen LogP contribution in [0.3, 0.4) is 0 Å². The summed E-state index contributed by atoms with van der Waals surface area (Å²) in [5.41, 5.74) is 4.23. The van der Waals surface area contributed by atoms with E-state index in [-0.39, 0.29) is 5.82 Å². The van der Waals surface area contributed by atoms with Crippen LogP contribution >= 0.6 is 15.9 Å². The number of nitrogens with two attached hydrogens (primary N) is 1. The van der Waals surface area contributed by atoms with E-state index in [0.29, 0.717) is 11.1 Å². The highest BCUT2D eigenvalue weighted by atomic mass is 79.9. The van der Waals surface area contributed by atoms with E-state index in [1.165, 1.54) is 18.2 Å². The zero-order valence-electron chi connectivity index (χ0n) is 10.3. The zero-order chi connectivity index (χ0) is 14.0. The average molecular weight is 327 g/mol. The molecule has 0 aliphatic heterocycles. The Morgan fingerprint density at radius 1 is 1.16 bits per heavy atom. The van der Waals surface area contributed by atoms with E-state index in [1.807, 2.05) is 0 Å². The third-order valence-electron chi connectivity index (χ3n) is 2.83. The monoisotopic (exact) mass is 326 g/mol. The second kappa shape index (κ2) is 5.77. The summed E-state index contributed by atoms with van der Waals surface area (Å²) in [5.74, 6) is 4.74. The molecule has 0 aliphatic carbocycles. The Labute approximate surface area is 118 Å². The molecule has 0 radical (unpaired) electrons. The van der Waals surface area contributed by atoms with E-state index in [9.17, 15) is 8.78 Å². The summed E-state index contributed by atoms with van der Waals surface area (Å²) in [7, 11) is 0. The first kappa shape index (κ1) is 14.1. The number of nitrogens with one attached hydrogen (secondary N) is 1. The zero-order valence-corrected chi connectivity index (χ0v) is 11.8. The SMILES string of the molecule is Cc1cc(F)cc(C(NN)c2cc(Br)ccc2F)c1. The molecule has 0 amide bonds. The minimum Gasteiger partial charge on any atom is -0.271 e. The number of hydrogen-bond donors (Lipinski definition) is 2. The smallest absolute Gasteiger partial charge is 0.128 e. The van der Waals surface area contributed by atoms with Crippen molar-refractivity contribution in [2.75, 3.05) is 0 Å². The van der Waals surface area contributed by atoms with Crippen LogP contribution < -0.4 is 11.3 Å². The molecule has 3 N–H and O–H groups in total. The minimum absolute atomic E-state index is 0.363. The van der Waals surface area contributed by atoms with Gasteiger partial charge in [0, 0.05) is 10.0 Å². The van der Waals surface area contributed by atoms with E-state index in [0.717, 1.165) is 10.0 Å². The van der Waals surface area contributed by atoms with Gasteiger partial charge in [-0.25, -0.2) is 14.2 Å². The van der Waals surface area contributed by atoms with Crippen LogP contribution in [0.15, 0.2) is 40.9 Å². The molecule has 1 atom stereocenters. The lowest BCUT2D eigenvalue weighted by atomic mass is 9.97. The number of rotatable bonds is 3. The molecule has 0 bridgehead atoms. The van der Waals surface area contributed by atoms with Gasteiger partial charge in [0.25, 0.3) is 0 Å². The van der Waals surface area contributed by atoms with Crippen LogP contribution in [0.25, 0.3) is 0 Å². The summed E-state index contributed by atoms with van der Waals surface area (Å²) in [5, 5.41) is 0. The van der Waals surface area contributed by atoms with Gasteiger partial charge in [-0.15, -0.1) is 0 Å². The van der Waals surface area contributed by atoms with Gasteiger partial charge < -0.3 is 0 Å². The highest BCUT2D eigenvalue weighted by Crippen LogP contribution is 2.27. The molecule has 2 aromatic rings. The molecule has 1 unspecified atom stereocenters.